The highest BCUT2D eigenvalue weighted by Gasteiger charge is 2.35. The molecule has 90 valence electrons. The standard InChI is InChI=1S/C14H19BO2/c1-12-11-14(2,3)17-15(16-12)10-9-13-7-5-4-6-8-13/h4-10,12H,11H2,1-3H3. The minimum atomic E-state index is -0.242. The molecular formula is C14H19BO2. The Bertz CT molecular complexity index is 386. The van der Waals surface area contributed by atoms with E-state index in [1.165, 1.54) is 0 Å². The minimum absolute atomic E-state index is 0.108. The van der Waals surface area contributed by atoms with Crippen LogP contribution in [0, 0.1) is 0 Å². The van der Waals surface area contributed by atoms with Crippen molar-refractivity contribution in [3.8, 4) is 0 Å². The Balaban J connectivity index is 2.01. The van der Waals surface area contributed by atoms with Gasteiger partial charge in [0, 0.05) is 6.10 Å². The second-order valence-electron chi connectivity index (χ2n) is 5.17. The zero-order chi connectivity index (χ0) is 12.3. The van der Waals surface area contributed by atoms with Crippen molar-refractivity contribution in [1.29, 1.82) is 0 Å². The lowest BCUT2D eigenvalue weighted by Gasteiger charge is -2.37. The Morgan fingerprint density at radius 2 is 2.00 bits per heavy atom. The van der Waals surface area contributed by atoms with E-state index in [0.29, 0.717) is 0 Å². The molecule has 1 aliphatic rings. The molecule has 2 nitrogen and oxygen atoms in total. The summed E-state index contributed by atoms with van der Waals surface area (Å²) in [4.78, 5) is 0. The van der Waals surface area contributed by atoms with Crippen LogP contribution in [-0.4, -0.2) is 18.8 Å². The molecule has 1 aromatic carbocycles. The molecule has 1 aliphatic heterocycles. The van der Waals surface area contributed by atoms with Crippen LogP contribution in [0.15, 0.2) is 36.3 Å². The third-order valence-corrected chi connectivity index (χ3v) is 2.83. The van der Waals surface area contributed by atoms with E-state index in [4.69, 9.17) is 9.31 Å². The van der Waals surface area contributed by atoms with Crippen LogP contribution in [0.5, 0.6) is 0 Å². The van der Waals surface area contributed by atoms with Crippen LogP contribution in [-0.2, 0) is 9.31 Å². The van der Waals surface area contributed by atoms with Gasteiger partial charge in [0.05, 0.1) is 5.60 Å². The van der Waals surface area contributed by atoms with Gasteiger partial charge in [-0.05, 0) is 32.8 Å². The molecule has 1 atom stereocenters. The van der Waals surface area contributed by atoms with Crippen molar-refractivity contribution in [2.24, 2.45) is 0 Å². The molecule has 1 aromatic rings. The maximum Gasteiger partial charge on any atom is 0.486 e. The van der Waals surface area contributed by atoms with Crippen LogP contribution in [0.2, 0.25) is 0 Å². The second-order valence-corrected chi connectivity index (χ2v) is 5.17. The van der Waals surface area contributed by atoms with Crippen molar-refractivity contribution in [3.05, 3.63) is 41.9 Å². The van der Waals surface area contributed by atoms with Crippen molar-refractivity contribution in [1.82, 2.24) is 0 Å². The van der Waals surface area contributed by atoms with Crippen LogP contribution in [0.25, 0.3) is 6.08 Å². The third kappa shape index (κ3) is 3.72. The molecule has 2 rings (SSSR count). The summed E-state index contributed by atoms with van der Waals surface area (Å²) in [7, 11) is -0.242. The van der Waals surface area contributed by atoms with Crippen molar-refractivity contribution in [2.45, 2.75) is 38.9 Å². The Hall–Kier alpha value is -1.06. The summed E-state index contributed by atoms with van der Waals surface area (Å²) in [5.41, 5.74) is 1.05. The molecular weight excluding hydrogens is 211 g/mol. The highest BCUT2D eigenvalue weighted by molar-refractivity contribution is 6.52. The molecule has 0 aliphatic carbocycles. The molecule has 1 saturated heterocycles. The first-order valence-corrected chi connectivity index (χ1v) is 6.12. The van der Waals surface area contributed by atoms with Gasteiger partial charge in [-0.15, -0.1) is 0 Å². The minimum Gasteiger partial charge on any atom is -0.405 e. The van der Waals surface area contributed by atoms with E-state index < -0.39 is 0 Å². The van der Waals surface area contributed by atoms with Crippen LogP contribution >= 0.6 is 0 Å². The molecule has 0 radical (unpaired) electrons. The Kier molecular flexibility index (Phi) is 3.70. The normalized spacial score (nSPS) is 24.2. The van der Waals surface area contributed by atoms with Crippen molar-refractivity contribution >= 4 is 13.2 Å². The first-order valence-electron chi connectivity index (χ1n) is 6.12. The Morgan fingerprint density at radius 1 is 1.29 bits per heavy atom. The van der Waals surface area contributed by atoms with Gasteiger partial charge in [0.25, 0.3) is 0 Å². The summed E-state index contributed by atoms with van der Waals surface area (Å²) in [6.07, 6.45) is 3.21. The van der Waals surface area contributed by atoms with Crippen LogP contribution < -0.4 is 0 Å². The fourth-order valence-corrected chi connectivity index (χ4v) is 2.20. The first-order chi connectivity index (χ1) is 8.05. The van der Waals surface area contributed by atoms with E-state index in [-0.39, 0.29) is 18.8 Å². The van der Waals surface area contributed by atoms with E-state index in [9.17, 15) is 0 Å². The molecule has 0 N–H and O–H groups in total. The predicted octanol–water partition coefficient (Wildman–Crippen LogP) is 3.33. The number of hydrogen-bond donors (Lipinski definition) is 0. The molecule has 0 aromatic heterocycles. The molecule has 0 bridgehead atoms. The highest BCUT2D eigenvalue weighted by atomic mass is 16.6. The zero-order valence-electron chi connectivity index (χ0n) is 10.7. The van der Waals surface area contributed by atoms with Crippen LogP contribution in [0.3, 0.4) is 0 Å². The van der Waals surface area contributed by atoms with Crippen molar-refractivity contribution in [2.75, 3.05) is 0 Å². The number of benzene rings is 1. The largest absolute Gasteiger partial charge is 0.486 e. The zero-order valence-corrected chi connectivity index (χ0v) is 10.7. The lowest BCUT2D eigenvalue weighted by Crippen LogP contribution is -2.45. The molecule has 1 fully saturated rings. The van der Waals surface area contributed by atoms with Gasteiger partial charge in [-0.2, -0.15) is 0 Å². The van der Waals surface area contributed by atoms with Gasteiger partial charge in [0.15, 0.2) is 0 Å². The topological polar surface area (TPSA) is 18.5 Å². The van der Waals surface area contributed by atoms with Gasteiger partial charge in [0.2, 0.25) is 0 Å². The van der Waals surface area contributed by atoms with Crippen molar-refractivity contribution < 1.29 is 9.31 Å². The average Bonchev–Trinajstić information content (AvgIpc) is 2.25. The quantitative estimate of drug-likeness (QED) is 0.725. The predicted molar refractivity (Wildman–Crippen MR) is 71.6 cm³/mol. The summed E-state index contributed by atoms with van der Waals surface area (Å²) < 4.78 is 11.6. The molecule has 0 amide bonds. The molecule has 1 heterocycles. The van der Waals surface area contributed by atoms with Gasteiger partial charge in [-0.1, -0.05) is 42.4 Å². The smallest absolute Gasteiger partial charge is 0.405 e. The maximum atomic E-state index is 5.86. The number of rotatable bonds is 2. The monoisotopic (exact) mass is 230 g/mol. The summed E-state index contributed by atoms with van der Waals surface area (Å²) in [5, 5.41) is 0. The lowest BCUT2D eigenvalue weighted by molar-refractivity contribution is -0.0235. The van der Waals surface area contributed by atoms with Crippen molar-refractivity contribution in [3.63, 3.8) is 0 Å². The Labute approximate surface area is 104 Å². The van der Waals surface area contributed by atoms with E-state index in [0.717, 1.165) is 12.0 Å². The van der Waals surface area contributed by atoms with Gasteiger partial charge in [-0.3, -0.25) is 0 Å². The lowest BCUT2D eigenvalue weighted by atomic mass is 9.82. The molecule has 17 heavy (non-hydrogen) atoms. The summed E-state index contributed by atoms with van der Waals surface area (Å²) in [6, 6.07) is 10.2. The molecule has 1 unspecified atom stereocenters. The Morgan fingerprint density at radius 3 is 2.65 bits per heavy atom. The summed E-state index contributed by atoms with van der Waals surface area (Å²) >= 11 is 0. The first kappa shape index (κ1) is 12.4. The fourth-order valence-electron chi connectivity index (χ4n) is 2.20. The summed E-state index contributed by atoms with van der Waals surface area (Å²) in [5.74, 6) is 1.98. The fraction of sp³-hybridized carbons (Fsp3) is 0.429. The van der Waals surface area contributed by atoms with Crippen LogP contribution in [0.1, 0.15) is 32.8 Å². The number of hydrogen-bond acceptors (Lipinski definition) is 2. The van der Waals surface area contributed by atoms with Gasteiger partial charge in [-0.25, -0.2) is 0 Å². The third-order valence-electron chi connectivity index (χ3n) is 2.83. The van der Waals surface area contributed by atoms with Gasteiger partial charge in [0.1, 0.15) is 0 Å². The molecule has 0 saturated carbocycles. The van der Waals surface area contributed by atoms with E-state index >= 15 is 0 Å². The van der Waals surface area contributed by atoms with Crippen LogP contribution in [0.4, 0.5) is 0 Å². The maximum absolute atomic E-state index is 5.86. The highest BCUT2D eigenvalue weighted by Crippen LogP contribution is 2.26. The summed E-state index contributed by atoms with van der Waals surface area (Å²) in [6.45, 7) is 6.30. The van der Waals surface area contributed by atoms with E-state index in [2.05, 4.69) is 32.9 Å². The average molecular weight is 230 g/mol. The molecule has 0 spiro atoms. The SMILES string of the molecule is CC1CC(C)(C)OB(C=Cc2ccccc2)O1. The van der Waals surface area contributed by atoms with E-state index in [1.807, 2.05) is 30.3 Å². The van der Waals surface area contributed by atoms with E-state index in [1.54, 1.807) is 0 Å². The second kappa shape index (κ2) is 5.07. The molecule has 3 heteroatoms. The van der Waals surface area contributed by atoms with Gasteiger partial charge >= 0.3 is 7.12 Å². The van der Waals surface area contributed by atoms with Gasteiger partial charge < -0.3 is 9.31 Å².